The Morgan fingerprint density at radius 1 is 1.27 bits per heavy atom. The van der Waals surface area contributed by atoms with Gasteiger partial charge in [-0.2, -0.15) is 0 Å². The van der Waals surface area contributed by atoms with Crippen molar-refractivity contribution in [2.45, 2.75) is 26.0 Å². The van der Waals surface area contributed by atoms with Gasteiger partial charge in [0.2, 0.25) is 0 Å². The summed E-state index contributed by atoms with van der Waals surface area (Å²) in [5.41, 5.74) is 0.912. The highest BCUT2D eigenvalue weighted by atomic mass is 16.5. The fraction of sp³-hybridized carbons (Fsp3) is 0.647. The van der Waals surface area contributed by atoms with E-state index in [2.05, 4.69) is 16.7 Å². The average molecular weight is 308 g/mol. The number of phenolic OH excluding ortho intramolecular Hbond substituents is 1. The SMILES string of the molecule is CCCN(Cc1ccccc1O)CC(O)CN1CCOCC1. The fourth-order valence-corrected chi connectivity index (χ4v) is 2.87. The van der Waals surface area contributed by atoms with Gasteiger partial charge in [-0.15, -0.1) is 0 Å². The van der Waals surface area contributed by atoms with E-state index in [4.69, 9.17) is 4.74 Å². The van der Waals surface area contributed by atoms with E-state index in [-0.39, 0.29) is 6.10 Å². The minimum atomic E-state index is -0.379. The van der Waals surface area contributed by atoms with Crippen LogP contribution < -0.4 is 0 Å². The Kier molecular flexibility index (Phi) is 7.12. The first-order valence-corrected chi connectivity index (χ1v) is 8.16. The van der Waals surface area contributed by atoms with Crippen LogP contribution in [-0.2, 0) is 11.3 Å². The monoisotopic (exact) mass is 308 g/mol. The lowest BCUT2D eigenvalue weighted by Crippen LogP contribution is -2.44. The molecule has 1 atom stereocenters. The Hall–Kier alpha value is -1.14. The fourth-order valence-electron chi connectivity index (χ4n) is 2.87. The summed E-state index contributed by atoms with van der Waals surface area (Å²) >= 11 is 0. The number of morpholine rings is 1. The molecule has 1 fully saturated rings. The minimum absolute atomic E-state index is 0.325. The maximum absolute atomic E-state index is 10.4. The summed E-state index contributed by atoms with van der Waals surface area (Å²) in [5, 5.41) is 20.3. The highest BCUT2D eigenvalue weighted by molar-refractivity contribution is 5.31. The number of hydrogen-bond acceptors (Lipinski definition) is 5. The van der Waals surface area contributed by atoms with E-state index < -0.39 is 0 Å². The molecule has 5 heteroatoms. The predicted molar refractivity (Wildman–Crippen MR) is 86.9 cm³/mol. The van der Waals surface area contributed by atoms with Crippen LogP contribution in [0, 0.1) is 0 Å². The summed E-state index contributed by atoms with van der Waals surface area (Å²) < 4.78 is 5.33. The average Bonchev–Trinajstić information content (AvgIpc) is 2.50. The molecule has 124 valence electrons. The molecule has 0 spiro atoms. The van der Waals surface area contributed by atoms with Crippen LogP contribution in [0.2, 0.25) is 0 Å². The van der Waals surface area contributed by atoms with Gasteiger partial charge in [-0.05, 0) is 19.0 Å². The van der Waals surface area contributed by atoms with Crippen LogP contribution in [0.15, 0.2) is 24.3 Å². The number of para-hydroxylation sites is 1. The molecule has 1 aliphatic heterocycles. The molecule has 0 amide bonds. The van der Waals surface area contributed by atoms with Gasteiger partial charge in [0.05, 0.1) is 19.3 Å². The van der Waals surface area contributed by atoms with Gasteiger partial charge in [0.1, 0.15) is 5.75 Å². The van der Waals surface area contributed by atoms with Crippen LogP contribution in [-0.4, -0.2) is 72.1 Å². The van der Waals surface area contributed by atoms with E-state index in [9.17, 15) is 10.2 Å². The lowest BCUT2D eigenvalue weighted by molar-refractivity contribution is 0.00623. The second kappa shape index (κ2) is 9.10. The molecule has 2 N–H and O–H groups in total. The summed E-state index contributed by atoms with van der Waals surface area (Å²) in [4.78, 5) is 4.46. The zero-order valence-electron chi connectivity index (χ0n) is 13.4. The number of β-amino-alcohol motifs (C(OH)–C–C–N with tert-alkyl or cyclic N) is 1. The summed E-state index contributed by atoms with van der Waals surface area (Å²) in [6, 6.07) is 7.41. The molecule has 5 nitrogen and oxygen atoms in total. The van der Waals surface area contributed by atoms with Crippen LogP contribution in [0.4, 0.5) is 0 Å². The van der Waals surface area contributed by atoms with Gasteiger partial charge in [-0.25, -0.2) is 0 Å². The van der Waals surface area contributed by atoms with Gasteiger partial charge >= 0.3 is 0 Å². The van der Waals surface area contributed by atoms with E-state index in [0.717, 1.165) is 44.8 Å². The Labute approximate surface area is 133 Å². The van der Waals surface area contributed by atoms with Crippen molar-refractivity contribution in [3.63, 3.8) is 0 Å². The van der Waals surface area contributed by atoms with Gasteiger partial charge in [-0.3, -0.25) is 9.80 Å². The molecule has 1 saturated heterocycles. The minimum Gasteiger partial charge on any atom is -0.508 e. The molecule has 1 aromatic carbocycles. The van der Waals surface area contributed by atoms with Crippen molar-refractivity contribution in [2.24, 2.45) is 0 Å². The summed E-state index contributed by atoms with van der Waals surface area (Å²) in [7, 11) is 0. The maximum Gasteiger partial charge on any atom is 0.120 e. The molecule has 0 bridgehead atoms. The largest absolute Gasteiger partial charge is 0.508 e. The summed E-state index contributed by atoms with van der Waals surface area (Å²) in [6.07, 6.45) is 0.647. The van der Waals surface area contributed by atoms with Gasteiger partial charge in [-0.1, -0.05) is 25.1 Å². The molecule has 0 radical (unpaired) electrons. The number of aliphatic hydroxyl groups excluding tert-OH is 1. The summed E-state index contributed by atoms with van der Waals surface area (Å²) in [6.45, 7) is 8.31. The number of nitrogens with zero attached hydrogens (tertiary/aromatic N) is 2. The van der Waals surface area contributed by atoms with E-state index in [0.29, 0.717) is 25.4 Å². The van der Waals surface area contributed by atoms with Crippen LogP contribution >= 0.6 is 0 Å². The van der Waals surface area contributed by atoms with Crippen molar-refractivity contribution >= 4 is 0 Å². The van der Waals surface area contributed by atoms with E-state index in [1.165, 1.54) is 0 Å². The van der Waals surface area contributed by atoms with Crippen LogP contribution in [0.1, 0.15) is 18.9 Å². The van der Waals surface area contributed by atoms with Crippen molar-refractivity contribution < 1.29 is 14.9 Å². The maximum atomic E-state index is 10.4. The standard InChI is InChI=1S/C17H28N2O3/c1-2-7-19(12-15-5-3-4-6-17(15)21)14-16(20)13-18-8-10-22-11-9-18/h3-6,16,20-21H,2,7-14H2,1H3. The van der Waals surface area contributed by atoms with Crippen LogP contribution in [0.5, 0.6) is 5.75 Å². The van der Waals surface area contributed by atoms with Crippen molar-refractivity contribution in [2.75, 3.05) is 45.9 Å². The Bertz CT molecular complexity index is 436. The molecular formula is C17H28N2O3. The molecule has 1 aliphatic rings. The third kappa shape index (κ3) is 5.57. The number of rotatable bonds is 8. The highest BCUT2D eigenvalue weighted by Crippen LogP contribution is 2.18. The van der Waals surface area contributed by atoms with Crippen molar-refractivity contribution in [3.8, 4) is 5.75 Å². The molecule has 1 aromatic rings. The predicted octanol–water partition coefficient (Wildman–Crippen LogP) is 1.30. The second-order valence-electron chi connectivity index (χ2n) is 5.93. The van der Waals surface area contributed by atoms with Gasteiger partial charge in [0, 0.05) is 38.3 Å². The van der Waals surface area contributed by atoms with Crippen molar-refractivity contribution in [1.82, 2.24) is 9.80 Å². The molecule has 1 unspecified atom stereocenters. The van der Waals surface area contributed by atoms with E-state index in [1.807, 2.05) is 18.2 Å². The highest BCUT2D eigenvalue weighted by Gasteiger charge is 2.18. The third-order valence-electron chi connectivity index (χ3n) is 3.97. The first-order valence-electron chi connectivity index (χ1n) is 8.16. The van der Waals surface area contributed by atoms with Crippen LogP contribution in [0.3, 0.4) is 0 Å². The number of aromatic hydroxyl groups is 1. The Morgan fingerprint density at radius 3 is 2.68 bits per heavy atom. The quantitative estimate of drug-likeness (QED) is 0.758. The lowest BCUT2D eigenvalue weighted by atomic mass is 10.1. The molecule has 1 heterocycles. The third-order valence-corrected chi connectivity index (χ3v) is 3.97. The normalized spacial score (nSPS) is 17.8. The number of benzene rings is 1. The van der Waals surface area contributed by atoms with Crippen molar-refractivity contribution in [1.29, 1.82) is 0 Å². The number of hydrogen-bond donors (Lipinski definition) is 2. The smallest absolute Gasteiger partial charge is 0.120 e. The Balaban J connectivity index is 1.86. The molecule has 0 aromatic heterocycles. The zero-order valence-corrected chi connectivity index (χ0v) is 13.4. The van der Waals surface area contributed by atoms with Crippen LogP contribution in [0.25, 0.3) is 0 Å². The van der Waals surface area contributed by atoms with E-state index >= 15 is 0 Å². The summed E-state index contributed by atoms with van der Waals surface area (Å²) in [5.74, 6) is 0.325. The number of aliphatic hydroxyl groups is 1. The number of phenols is 1. The first-order chi connectivity index (χ1) is 10.7. The van der Waals surface area contributed by atoms with Crippen molar-refractivity contribution in [3.05, 3.63) is 29.8 Å². The molecule has 22 heavy (non-hydrogen) atoms. The second-order valence-corrected chi connectivity index (χ2v) is 5.93. The van der Waals surface area contributed by atoms with Gasteiger partial charge < -0.3 is 14.9 Å². The molecule has 0 aliphatic carbocycles. The zero-order chi connectivity index (χ0) is 15.8. The van der Waals surface area contributed by atoms with E-state index in [1.54, 1.807) is 6.07 Å². The van der Waals surface area contributed by atoms with Gasteiger partial charge in [0.25, 0.3) is 0 Å². The van der Waals surface area contributed by atoms with Gasteiger partial charge in [0.15, 0.2) is 0 Å². The molecular weight excluding hydrogens is 280 g/mol. The topological polar surface area (TPSA) is 56.2 Å². The molecule has 2 rings (SSSR count). The lowest BCUT2D eigenvalue weighted by Gasteiger charge is -2.31. The Morgan fingerprint density at radius 2 is 2.00 bits per heavy atom. The number of ether oxygens (including phenoxy) is 1. The molecule has 0 saturated carbocycles. The first kappa shape index (κ1) is 17.2.